The topological polar surface area (TPSA) is 32.3 Å². The van der Waals surface area contributed by atoms with Gasteiger partial charge in [0.2, 0.25) is 0 Å². The molecule has 19 heavy (non-hydrogen) atoms. The summed E-state index contributed by atoms with van der Waals surface area (Å²) >= 11 is 0. The lowest BCUT2D eigenvalue weighted by Gasteiger charge is -2.14. The highest BCUT2D eigenvalue weighted by molar-refractivity contribution is 5.71. The molecule has 0 aromatic heterocycles. The normalized spacial score (nSPS) is 10.4. The van der Waals surface area contributed by atoms with Crippen LogP contribution in [0, 0.1) is 6.57 Å². The van der Waals surface area contributed by atoms with Gasteiger partial charge < -0.3 is 4.90 Å². The summed E-state index contributed by atoms with van der Waals surface area (Å²) in [5, 5.41) is 8.44. The van der Waals surface area contributed by atoms with Crippen molar-refractivity contribution in [3.63, 3.8) is 0 Å². The summed E-state index contributed by atoms with van der Waals surface area (Å²) in [7, 11) is 3.88. The first-order valence-electron chi connectivity index (χ1n) is 5.86. The van der Waals surface area contributed by atoms with E-state index in [-0.39, 0.29) is 0 Å². The molecule has 0 unspecified atom stereocenters. The SMILES string of the molecule is [C-]#[N+]c1ccc(N(C)C)c(N=Nc2ccccc2)c1. The van der Waals surface area contributed by atoms with E-state index in [9.17, 15) is 0 Å². The van der Waals surface area contributed by atoms with E-state index in [2.05, 4.69) is 15.1 Å². The quantitative estimate of drug-likeness (QED) is 0.573. The monoisotopic (exact) mass is 250 g/mol. The fourth-order valence-corrected chi connectivity index (χ4v) is 1.65. The third kappa shape index (κ3) is 3.17. The maximum Gasteiger partial charge on any atom is 0.189 e. The summed E-state index contributed by atoms with van der Waals surface area (Å²) in [5.41, 5.74) is 2.99. The number of hydrogen-bond donors (Lipinski definition) is 0. The van der Waals surface area contributed by atoms with E-state index in [0.29, 0.717) is 11.4 Å². The first-order valence-corrected chi connectivity index (χ1v) is 5.86. The third-order valence-corrected chi connectivity index (χ3v) is 2.60. The van der Waals surface area contributed by atoms with Crippen molar-refractivity contribution < 1.29 is 0 Å². The minimum atomic E-state index is 0.563. The lowest BCUT2D eigenvalue weighted by atomic mass is 10.2. The average molecular weight is 250 g/mol. The molecule has 2 rings (SSSR count). The zero-order chi connectivity index (χ0) is 13.7. The summed E-state index contributed by atoms with van der Waals surface area (Å²) in [4.78, 5) is 5.37. The van der Waals surface area contributed by atoms with Crippen molar-refractivity contribution in [2.24, 2.45) is 10.2 Å². The predicted octanol–water partition coefficient (Wildman–Crippen LogP) is 4.72. The molecule has 0 radical (unpaired) electrons. The van der Waals surface area contributed by atoms with Crippen molar-refractivity contribution >= 4 is 22.7 Å². The summed E-state index contributed by atoms with van der Waals surface area (Å²) < 4.78 is 0. The predicted molar refractivity (Wildman–Crippen MR) is 77.6 cm³/mol. The van der Waals surface area contributed by atoms with Gasteiger partial charge in [0, 0.05) is 14.1 Å². The molecule has 2 aromatic rings. The van der Waals surface area contributed by atoms with Crippen LogP contribution in [0.5, 0.6) is 0 Å². The van der Waals surface area contributed by atoms with E-state index in [1.165, 1.54) is 0 Å². The van der Waals surface area contributed by atoms with Crippen LogP contribution in [0.1, 0.15) is 0 Å². The Kier molecular flexibility index (Phi) is 3.89. The molecule has 0 spiro atoms. The lowest BCUT2D eigenvalue weighted by molar-refractivity contribution is 1.11. The highest BCUT2D eigenvalue weighted by atomic mass is 15.1. The van der Waals surface area contributed by atoms with Gasteiger partial charge in [-0.2, -0.15) is 5.11 Å². The van der Waals surface area contributed by atoms with Crippen LogP contribution in [-0.4, -0.2) is 14.1 Å². The second-order valence-corrected chi connectivity index (χ2v) is 4.21. The molecule has 0 fully saturated rings. The van der Waals surface area contributed by atoms with Crippen molar-refractivity contribution in [2.75, 3.05) is 19.0 Å². The van der Waals surface area contributed by atoms with Crippen LogP contribution >= 0.6 is 0 Å². The smallest absolute Gasteiger partial charge is 0.189 e. The third-order valence-electron chi connectivity index (χ3n) is 2.60. The van der Waals surface area contributed by atoms with Gasteiger partial charge in [0.1, 0.15) is 0 Å². The molecule has 0 heterocycles. The number of nitrogens with zero attached hydrogens (tertiary/aromatic N) is 4. The van der Waals surface area contributed by atoms with Crippen LogP contribution in [0.2, 0.25) is 0 Å². The standard InChI is InChI=1S/C15H14N4/c1-16-13-9-10-15(19(2)3)14(11-13)18-17-12-7-5-4-6-8-12/h4-11H,2-3H3. The van der Waals surface area contributed by atoms with Gasteiger partial charge >= 0.3 is 0 Å². The molecular weight excluding hydrogens is 236 g/mol. The largest absolute Gasteiger partial charge is 0.376 e. The molecule has 4 nitrogen and oxygen atoms in total. The summed E-state index contributed by atoms with van der Waals surface area (Å²) in [6.07, 6.45) is 0. The van der Waals surface area contributed by atoms with Gasteiger partial charge in [-0.15, -0.1) is 5.11 Å². The molecular formula is C15H14N4. The fraction of sp³-hybridized carbons (Fsp3) is 0.133. The van der Waals surface area contributed by atoms with Gasteiger partial charge in [0.25, 0.3) is 0 Å². The highest BCUT2D eigenvalue weighted by Crippen LogP contribution is 2.32. The Bertz CT molecular complexity index is 624. The van der Waals surface area contributed by atoms with Crippen molar-refractivity contribution in [1.29, 1.82) is 0 Å². The van der Waals surface area contributed by atoms with E-state index in [1.807, 2.05) is 55.4 Å². The highest BCUT2D eigenvalue weighted by Gasteiger charge is 2.05. The van der Waals surface area contributed by atoms with Crippen LogP contribution in [0.25, 0.3) is 4.85 Å². The summed E-state index contributed by atoms with van der Waals surface area (Å²) in [6, 6.07) is 14.9. The number of azo groups is 1. The van der Waals surface area contributed by atoms with Crippen molar-refractivity contribution in [2.45, 2.75) is 0 Å². The second kappa shape index (κ2) is 5.78. The van der Waals surface area contributed by atoms with Crippen LogP contribution in [0.4, 0.5) is 22.7 Å². The van der Waals surface area contributed by atoms with Crippen LogP contribution < -0.4 is 4.90 Å². The Morgan fingerprint density at radius 3 is 2.37 bits per heavy atom. The minimum Gasteiger partial charge on any atom is -0.376 e. The number of rotatable bonds is 3. The maximum absolute atomic E-state index is 7.05. The van der Waals surface area contributed by atoms with Crippen LogP contribution in [0.3, 0.4) is 0 Å². The Morgan fingerprint density at radius 2 is 1.74 bits per heavy atom. The maximum atomic E-state index is 7.05. The fourth-order valence-electron chi connectivity index (χ4n) is 1.65. The van der Waals surface area contributed by atoms with Gasteiger partial charge in [-0.3, -0.25) is 0 Å². The molecule has 0 aliphatic rings. The molecule has 94 valence electrons. The number of benzene rings is 2. The molecule has 0 N–H and O–H groups in total. The molecule has 0 aliphatic carbocycles. The van der Waals surface area contributed by atoms with Gasteiger partial charge in [-0.1, -0.05) is 24.3 Å². The van der Waals surface area contributed by atoms with E-state index >= 15 is 0 Å². The number of anilines is 1. The zero-order valence-corrected chi connectivity index (χ0v) is 10.9. The molecule has 0 amide bonds. The van der Waals surface area contributed by atoms with Crippen molar-refractivity contribution in [1.82, 2.24) is 0 Å². The molecule has 0 saturated carbocycles. The molecule has 0 aliphatic heterocycles. The first-order chi connectivity index (χ1) is 9.20. The van der Waals surface area contributed by atoms with E-state index < -0.39 is 0 Å². The second-order valence-electron chi connectivity index (χ2n) is 4.21. The molecule has 4 heteroatoms. The molecule has 2 aromatic carbocycles. The molecule has 0 bridgehead atoms. The zero-order valence-electron chi connectivity index (χ0n) is 10.9. The van der Waals surface area contributed by atoms with Gasteiger partial charge in [0.15, 0.2) is 5.69 Å². The summed E-state index contributed by atoms with van der Waals surface area (Å²) in [6.45, 7) is 7.05. The first kappa shape index (κ1) is 12.8. The van der Waals surface area contributed by atoms with E-state index in [4.69, 9.17) is 6.57 Å². The van der Waals surface area contributed by atoms with Crippen molar-refractivity contribution in [3.05, 3.63) is 59.9 Å². The van der Waals surface area contributed by atoms with E-state index in [1.54, 1.807) is 12.1 Å². The average Bonchev–Trinajstić information content (AvgIpc) is 2.45. The van der Waals surface area contributed by atoms with Gasteiger partial charge in [-0.05, 0) is 24.3 Å². The molecule has 0 atom stereocenters. The van der Waals surface area contributed by atoms with Crippen LogP contribution in [0.15, 0.2) is 58.8 Å². The van der Waals surface area contributed by atoms with Gasteiger partial charge in [-0.25, -0.2) is 4.85 Å². The lowest BCUT2D eigenvalue weighted by Crippen LogP contribution is -2.08. The molecule has 0 saturated heterocycles. The Balaban J connectivity index is 2.38. The van der Waals surface area contributed by atoms with Crippen LogP contribution in [-0.2, 0) is 0 Å². The Hall–Kier alpha value is -2.67. The van der Waals surface area contributed by atoms with Crippen molar-refractivity contribution in [3.8, 4) is 0 Å². The minimum absolute atomic E-state index is 0.563. The van der Waals surface area contributed by atoms with E-state index in [0.717, 1.165) is 11.4 Å². The van der Waals surface area contributed by atoms with Gasteiger partial charge in [0.05, 0.1) is 23.6 Å². The Labute approximate surface area is 112 Å². The summed E-state index contributed by atoms with van der Waals surface area (Å²) in [5.74, 6) is 0. The number of hydrogen-bond acceptors (Lipinski definition) is 3. The Morgan fingerprint density at radius 1 is 1.00 bits per heavy atom.